The van der Waals surface area contributed by atoms with Gasteiger partial charge in [0.2, 0.25) is 0 Å². The average Bonchev–Trinajstić information content (AvgIpc) is 2.27. The zero-order valence-electron chi connectivity index (χ0n) is 8.88. The molecule has 0 aliphatic rings. The van der Waals surface area contributed by atoms with E-state index < -0.39 is 0 Å². The molecular formula is C13H10ClFIN. The predicted molar refractivity (Wildman–Crippen MR) is 77.9 cm³/mol. The number of nitrogens with one attached hydrogen (secondary N) is 1. The van der Waals surface area contributed by atoms with Gasteiger partial charge in [-0.05, 0) is 58.5 Å². The van der Waals surface area contributed by atoms with Gasteiger partial charge in [0, 0.05) is 20.8 Å². The molecule has 0 heterocycles. The van der Waals surface area contributed by atoms with Crippen LogP contribution in [0, 0.1) is 9.39 Å². The van der Waals surface area contributed by atoms with Crippen LogP contribution in [0.15, 0.2) is 42.5 Å². The third-order valence-electron chi connectivity index (χ3n) is 2.27. The summed E-state index contributed by atoms with van der Waals surface area (Å²) in [7, 11) is 0. The number of hydrogen-bond acceptors (Lipinski definition) is 1. The third-order valence-corrected chi connectivity index (χ3v) is 3.21. The topological polar surface area (TPSA) is 12.0 Å². The predicted octanol–water partition coefficient (Wildman–Crippen LogP) is 4.70. The zero-order valence-corrected chi connectivity index (χ0v) is 11.8. The van der Waals surface area contributed by atoms with Gasteiger partial charge in [-0.25, -0.2) is 4.39 Å². The maximum absolute atomic E-state index is 13.1. The number of rotatable bonds is 3. The summed E-state index contributed by atoms with van der Waals surface area (Å²) < 4.78 is 14.3. The molecule has 2 aromatic carbocycles. The molecule has 2 aromatic rings. The first-order valence-electron chi connectivity index (χ1n) is 5.08. The minimum Gasteiger partial charge on any atom is -0.381 e. The lowest BCUT2D eigenvalue weighted by atomic mass is 10.2. The van der Waals surface area contributed by atoms with Crippen LogP contribution in [-0.4, -0.2) is 0 Å². The lowest BCUT2D eigenvalue weighted by Gasteiger charge is -2.07. The van der Waals surface area contributed by atoms with E-state index in [2.05, 4.69) is 27.9 Å². The van der Waals surface area contributed by atoms with Crippen molar-refractivity contribution < 1.29 is 4.39 Å². The maximum Gasteiger partial charge on any atom is 0.126 e. The number of benzene rings is 2. The van der Waals surface area contributed by atoms with Gasteiger partial charge in [0.05, 0.1) is 0 Å². The van der Waals surface area contributed by atoms with Crippen LogP contribution in [0.1, 0.15) is 5.56 Å². The molecule has 0 bridgehead atoms. The van der Waals surface area contributed by atoms with Crippen molar-refractivity contribution in [3.05, 3.63) is 62.4 Å². The van der Waals surface area contributed by atoms with Crippen molar-refractivity contribution in [2.24, 2.45) is 0 Å². The highest BCUT2D eigenvalue weighted by Gasteiger charge is 1.99. The minimum absolute atomic E-state index is 0.331. The Balaban J connectivity index is 2.04. The Bertz CT molecular complexity index is 493. The van der Waals surface area contributed by atoms with Crippen molar-refractivity contribution in [2.75, 3.05) is 5.32 Å². The molecule has 0 saturated carbocycles. The van der Waals surface area contributed by atoms with Crippen LogP contribution in [-0.2, 0) is 6.54 Å². The van der Waals surface area contributed by atoms with Crippen LogP contribution >= 0.6 is 34.2 Å². The Hall–Kier alpha value is -0.810. The molecule has 1 N–H and O–H groups in total. The van der Waals surface area contributed by atoms with E-state index in [1.165, 1.54) is 15.7 Å². The highest BCUT2D eigenvalue weighted by Crippen LogP contribution is 2.18. The quantitative estimate of drug-likeness (QED) is 0.782. The Morgan fingerprint density at radius 1 is 1.12 bits per heavy atom. The SMILES string of the molecule is Fc1cc(Cl)cc(NCc2ccc(I)cc2)c1. The minimum atomic E-state index is -0.331. The molecule has 0 fully saturated rings. The summed E-state index contributed by atoms with van der Waals surface area (Å²) in [6.45, 7) is 0.650. The molecule has 0 aromatic heterocycles. The molecule has 0 amide bonds. The largest absolute Gasteiger partial charge is 0.381 e. The van der Waals surface area contributed by atoms with Gasteiger partial charge >= 0.3 is 0 Å². The molecule has 4 heteroatoms. The summed E-state index contributed by atoms with van der Waals surface area (Å²) >= 11 is 8.03. The molecule has 2 rings (SSSR count). The lowest BCUT2D eigenvalue weighted by Crippen LogP contribution is -1.99. The second-order valence-corrected chi connectivity index (χ2v) is 5.32. The molecule has 1 nitrogen and oxygen atoms in total. The lowest BCUT2D eigenvalue weighted by molar-refractivity contribution is 0.628. The van der Waals surface area contributed by atoms with Crippen molar-refractivity contribution in [3.8, 4) is 0 Å². The summed E-state index contributed by atoms with van der Waals surface area (Å²) in [4.78, 5) is 0. The highest BCUT2D eigenvalue weighted by atomic mass is 127. The Kier molecular flexibility index (Phi) is 4.23. The Morgan fingerprint density at radius 3 is 2.47 bits per heavy atom. The molecule has 0 spiro atoms. The van der Waals surface area contributed by atoms with Gasteiger partial charge in [-0.3, -0.25) is 0 Å². The number of halogens is 3. The number of anilines is 1. The average molecular weight is 362 g/mol. The van der Waals surface area contributed by atoms with E-state index in [1.54, 1.807) is 6.07 Å². The first-order chi connectivity index (χ1) is 8.13. The normalized spacial score (nSPS) is 10.3. The Labute approximate surface area is 118 Å². The summed E-state index contributed by atoms with van der Waals surface area (Å²) in [6.07, 6.45) is 0. The first kappa shape index (κ1) is 12.6. The summed E-state index contributed by atoms with van der Waals surface area (Å²) in [5.74, 6) is -0.331. The van der Waals surface area contributed by atoms with Crippen molar-refractivity contribution >= 4 is 39.9 Å². The van der Waals surface area contributed by atoms with Crippen molar-refractivity contribution in [1.29, 1.82) is 0 Å². The molecule has 88 valence electrons. The van der Waals surface area contributed by atoms with Gasteiger partial charge in [-0.15, -0.1) is 0 Å². The Morgan fingerprint density at radius 2 is 1.82 bits per heavy atom. The molecule has 0 atom stereocenters. The fraction of sp³-hybridized carbons (Fsp3) is 0.0769. The smallest absolute Gasteiger partial charge is 0.126 e. The monoisotopic (exact) mass is 361 g/mol. The molecule has 0 aliphatic carbocycles. The molecule has 17 heavy (non-hydrogen) atoms. The van der Waals surface area contributed by atoms with E-state index in [9.17, 15) is 4.39 Å². The van der Waals surface area contributed by atoms with E-state index >= 15 is 0 Å². The van der Waals surface area contributed by atoms with E-state index in [1.807, 2.05) is 24.3 Å². The summed E-state index contributed by atoms with van der Waals surface area (Å²) in [5.41, 5.74) is 1.83. The van der Waals surface area contributed by atoms with Crippen LogP contribution in [0.2, 0.25) is 5.02 Å². The van der Waals surface area contributed by atoms with Crippen LogP contribution < -0.4 is 5.32 Å². The molecule has 0 radical (unpaired) electrons. The van der Waals surface area contributed by atoms with Gasteiger partial charge in [-0.2, -0.15) is 0 Å². The molecule has 0 aliphatic heterocycles. The van der Waals surface area contributed by atoms with Crippen LogP contribution in [0.4, 0.5) is 10.1 Å². The van der Waals surface area contributed by atoms with Crippen molar-refractivity contribution in [2.45, 2.75) is 6.54 Å². The molecular weight excluding hydrogens is 352 g/mol. The van der Waals surface area contributed by atoms with Crippen LogP contribution in [0.25, 0.3) is 0 Å². The summed E-state index contributed by atoms with van der Waals surface area (Å²) in [6, 6.07) is 12.6. The van der Waals surface area contributed by atoms with E-state index in [-0.39, 0.29) is 5.82 Å². The fourth-order valence-electron chi connectivity index (χ4n) is 1.46. The van der Waals surface area contributed by atoms with E-state index in [0.717, 1.165) is 5.56 Å². The van der Waals surface area contributed by atoms with Gasteiger partial charge < -0.3 is 5.32 Å². The second-order valence-electron chi connectivity index (χ2n) is 3.64. The first-order valence-corrected chi connectivity index (χ1v) is 6.53. The maximum atomic E-state index is 13.1. The van der Waals surface area contributed by atoms with Gasteiger partial charge in [0.1, 0.15) is 5.82 Å². The summed E-state index contributed by atoms with van der Waals surface area (Å²) in [5, 5.41) is 3.53. The second kappa shape index (κ2) is 5.69. The van der Waals surface area contributed by atoms with Gasteiger partial charge in [0.15, 0.2) is 0 Å². The van der Waals surface area contributed by atoms with Crippen LogP contribution in [0.5, 0.6) is 0 Å². The van der Waals surface area contributed by atoms with Gasteiger partial charge in [0.25, 0.3) is 0 Å². The van der Waals surface area contributed by atoms with Crippen molar-refractivity contribution in [3.63, 3.8) is 0 Å². The molecule has 0 saturated heterocycles. The fourth-order valence-corrected chi connectivity index (χ4v) is 2.04. The van der Waals surface area contributed by atoms with Crippen molar-refractivity contribution in [1.82, 2.24) is 0 Å². The highest BCUT2D eigenvalue weighted by molar-refractivity contribution is 14.1. The third kappa shape index (κ3) is 3.85. The van der Waals surface area contributed by atoms with Crippen LogP contribution in [0.3, 0.4) is 0 Å². The van der Waals surface area contributed by atoms with E-state index in [4.69, 9.17) is 11.6 Å². The standard InChI is InChI=1S/C13H10ClFIN/c14-10-5-11(15)7-13(6-10)17-8-9-1-3-12(16)4-2-9/h1-7,17H,8H2. The van der Waals surface area contributed by atoms with E-state index in [0.29, 0.717) is 17.3 Å². The zero-order chi connectivity index (χ0) is 12.3. The number of hydrogen-bond donors (Lipinski definition) is 1. The van der Waals surface area contributed by atoms with Gasteiger partial charge in [-0.1, -0.05) is 23.7 Å². The molecule has 0 unspecified atom stereocenters.